The number of nitrogens with zero attached hydrogens (tertiary/aromatic N) is 2. The first-order valence-corrected chi connectivity index (χ1v) is 5.67. The highest BCUT2D eigenvalue weighted by Crippen LogP contribution is 2.26. The number of aliphatic hydroxyl groups is 1. The SMILES string of the molecule is CC1C/C(=C/O)c2ncc(CC(=O)O)c(=O)n2C1. The molecule has 1 aromatic rings. The minimum atomic E-state index is -1.06. The maximum Gasteiger partial charge on any atom is 0.308 e. The van der Waals surface area contributed by atoms with Gasteiger partial charge in [0.15, 0.2) is 0 Å². The molecule has 0 saturated heterocycles. The Kier molecular flexibility index (Phi) is 3.18. The van der Waals surface area contributed by atoms with E-state index in [4.69, 9.17) is 10.2 Å². The van der Waals surface area contributed by atoms with E-state index in [1.54, 1.807) is 0 Å². The summed E-state index contributed by atoms with van der Waals surface area (Å²) in [5.41, 5.74) is 0.429. The summed E-state index contributed by atoms with van der Waals surface area (Å²) in [6.07, 6.45) is 2.56. The Hall–Kier alpha value is -2.11. The fourth-order valence-electron chi connectivity index (χ4n) is 2.20. The predicted molar refractivity (Wildman–Crippen MR) is 64.2 cm³/mol. The lowest BCUT2D eigenvalue weighted by Gasteiger charge is -2.24. The van der Waals surface area contributed by atoms with Crippen LogP contribution in [0.4, 0.5) is 0 Å². The summed E-state index contributed by atoms with van der Waals surface area (Å²) in [4.78, 5) is 26.8. The van der Waals surface area contributed by atoms with Crippen molar-refractivity contribution in [2.75, 3.05) is 0 Å². The minimum absolute atomic E-state index is 0.164. The molecule has 1 aromatic heterocycles. The summed E-state index contributed by atoms with van der Waals surface area (Å²) in [5.74, 6) is -0.429. The monoisotopic (exact) mass is 250 g/mol. The third-order valence-electron chi connectivity index (χ3n) is 2.97. The topological polar surface area (TPSA) is 92.4 Å². The third kappa shape index (κ3) is 2.13. The second kappa shape index (κ2) is 4.64. The van der Waals surface area contributed by atoms with Crippen molar-refractivity contribution in [3.63, 3.8) is 0 Å². The molecule has 2 N–H and O–H groups in total. The predicted octanol–water partition coefficient (Wildman–Crippen LogP) is 0.809. The number of aliphatic hydroxyl groups excluding tert-OH is 1. The molecule has 2 heterocycles. The van der Waals surface area contributed by atoms with Gasteiger partial charge < -0.3 is 10.2 Å². The summed E-state index contributed by atoms with van der Waals surface area (Å²) in [6.45, 7) is 2.45. The summed E-state index contributed by atoms with van der Waals surface area (Å²) in [7, 11) is 0. The molecule has 1 unspecified atom stereocenters. The number of hydrogen-bond donors (Lipinski definition) is 2. The van der Waals surface area contributed by atoms with Crippen LogP contribution >= 0.6 is 0 Å². The van der Waals surface area contributed by atoms with Gasteiger partial charge in [-0.25, -0.2) is 4.98 Å². The standard InChI is InChI=1S/C12H14N2O4/c1-7-2-9(6-15)11-13-4-8(3-10(16)17)12(18)14(11)5-7/h4,6-7,15H,2-3,5H2,1H3,(H,16,17)/b9-6-. The Balaban J connectivity index is 2.54. The van der Waals surface area contributed by atoms with Gasteiger partial charge in [-0.3, -0.25) is 14.2 Å². The molecule has 0 aliphatic carbocycles. The van der Waals surface area contributed by atoms with E-state index in [0.29, 0.717) is 24.4 Å². The number of carboxylic acids is 1. The van der Waals surface area contributed by atoms with Gasteiger partial charge in [-0.2, -0.15) is 0 Å². The number of allylic oxidation sites excluding steroid dienone is 1. The largest absolute Gasteiger partial charge is 0.515 e. The van der Waals surface area contributed by atoms with Gasteiger partial charge in [0.2, 0.25) is 0 Å². The first-order chi connectivity index (χ1) is 8.52. The highest BCUT2D eigenvalue weighted by molar-refractivity contribution is 5.70. The van der Waals surface area contributed by atoms with Gasteiger partial charge >= 0.3 is 5.97 Å². The molecule has 1 aliphatic rings. The molecule has 1 atom stereocenters. The number of rotatable bonds is 2. The van der Waals surface area contributed by atoms with Crippen LogP contribution in [-0.2, 0) is 17.8 Å². The lowest BCUT2D eigenvalue weighted by Crippen LogP contribution is -2.33. The molecule has 0 radical (unpaired) electrons. The van der Waals surface area contributed by atoms with Gasteiger partial charge in [0.1, 0.15) is 5.82 Å². The van der Waals surface area contributed by atoms with Crippen molar-refractivity contribution >= 4 is 11.5 Å². The van der Waals surface area contributed by atoms with Gasteiger partial charge in [-0.05, 0) is 12.3 Å². The van der Waals surface area contributed by atoms with Crippen molar-refractivity contribution in [3.8, 4) is 0 Å². The Bertz CT molecular complexity index is 574. The zero-order valence-corrected chi connectivity index (χ0v) is 9.96. The molecule has 18 heavy (non-hydrogen) atoms. The second-order valence-corrected chi connectivity index (χ2v) is 4.56. The van der Waals surface area contributed by atoms with Crippen LogP contribution in [0.5, 0.6) is 0 Å². The van der Waals surface area contributed by atoms with Crippen LogP contribution in [0.3, 0.4) is 0 Å². The van der Waals surface area contributed by atoms with E-state index in [0.717, 1.165) is 6.26 Å². The molecule has 0 amide bonds. The smallest absolute Gasteiger partial charge is 0.308 e. The lowest BCUT2D eigenvalue weighted by atomic mass is 9.97. The number of aromatic nitrogens is 2. The van der Waals surface area contributed by atoms with E-state index < -0.39 is 5.97 Å². The average Bonchev–Trinajstić information content (AvgIpc) is 2.32. The first kappa shape index (κ1) is 12.3. The second-order valence-electron chi connectivity index (χ2n) is 4.56. The van der Waals surface area contributed by atoms with Crippen LogP contribution in [0, 0.1) is 5.92 Å². The van der Waals surface area contributed by atoms with Crippen LogP contribution in [-0.4, -0.2) is 25.7 Å². The maximum atomic E-state index is 12.1. The van der Waals surface area contributed by atoms with Gasteiger partial charge in [-0.1, -0.05) is 6.92 Å². The van der Waals surface area contributed by atoms with Crippen molar-refractivity contribution in [1.29, 1.82) is 0 Å². The normalized spacial score (nSPS) is 20.7. The lowest BCUT2D eigenvalue weighted by molar-refractivity contribution is -0.136. The van der Waals surface area contributed by atoms with Gasteiger partial charge in [-0.15, -0.1) is 0 Å². The maximum absolute atomic E-state index is 12.1. The number of fused-ring (bicyclic) bond motifs is 1. The molecule has 0 spiro atoms. The number of aliphatic carboxylic acids is 1. The van der Waals surface area contributed by atoms with Crippen molar-refractivity contribution < 1.29 is 15.0 Å². The quantitative estimate of drug-likeness (QED) is 0.758. The first-order valence-electron chi connectivity index (χ1n) is 5.67. The highest BCUT2D eigenvalue weighted by Gasteiger charge is 2.23. The van der Waals surface area contributed by atoms with Crippen molar-refractivity contribution in [2.24, 2.45) is 5.92 Å². The highest BCUT2D eigenvalue weighted by atomic mass is 16.4. The Morgan fingerprint density at radius 3 is 3.00 bits per heavy atom. The Morgan fingerprint density at radius 1 is 1.67 bits per heavy atom. The molecule has 6 heteroatoms. The minimum Gasteiger partial charge on any atom is -0.515 e. The van der Waals surface area contributed by atoms with Crippen LogP contribution in [0.25, 0.3) is 5.57 Å². The van der Waals surface area contributed by atoms with E-state index >= 15 is 0 Å². The number of carboxylic acid groups (broad SMARTS) is 1. The van der Waals surface area contributed by atoms with Crippen molar-refractivity contribution in [2.45, 2.75) is 26.3 Å². The van der Waals surface area contributed by atoms with Gasteiger partial charge in [0.05, 0.1) is 12.7 Å². The zero-order valence-electron chi connectivity index (χ0n) is 9.96. The molecular weight excluding hydrogens is 236 g/mol. The Morgan fingerprint density at radius 2 is 2.39 bits per heavy atom. The average molecular weight is 250 g/mol. The molecule has 0 bridgehead atoms. The van der Waals surface area contributed by atoms with Gasteiger partial charge in [0.25, 0.3) is 5.56 Å². The molecule has 96 valence electrons. The van der Waals surface area contributed by atoms with E-state index in [2.05, 4.69) is 4.98 Å². The summed E-state index contributed by atoms with van der Waals surface area (Å²) in [6, 6.07) is 0. The van der Waals surface area contributed by atoms with Crippen molar-refractivity contribution in [3.05, 3.63) is 34.2 Å². The van der Waals surface area contributed by atoms with E-state index in [1.165, 1.54) is 10.8 Å². The number of hydrogen-bond acceptors (Lipinski definition) is 4. The molecule has 0 aromatic carbocycles. The van der Waals surface area contributed by atoms with E-state index in [9.17, 15) is 9.59 Å². The molecular formula is C12H14N2O4. The number of carbonyl (C=O) groups is 1. The van der Waals surface area contributed by atoms with E-state index in [-0.39, 0.29) is 23.5 Å². The van der Waals surface area contributed by atoms with Gasteiger partial charge in [0, 0.05) is 23.9 Å². The molecule has 2 rings (SSSR count). The fraction of sp³-hybridized carbons (Fsp3) is 0.417. The summed E-state index contributed by atoms with van der Waals surface area (Å²) < 4.78 is 1.44. The fourth-order valence-corrected chi connectivity index (χ4v) is 2.20. The molecule has 6 nitrogen and oxygen atoms in total. The van der Waals surface area contributed by atoms with Crippen LogP contribution in [0.1, 0.15) is 24.7 Å². The summed E-state index contributed by atoms with van der Waals surface area (Å²) >= 11 is 0. The zero-order chi connectivity index (χ0) is 13.3. The third-order valence-corrected chi connectivity index (χ3v) is 2.97. The van der Waals surface area contributed by atoms with Crippen LogP contribution in [0.15, 0.2) is 17.3 Å². The molecule has 0 fully saturated rings. The van der Waals surface area contributed by atoms with E-state index in [1.807, 2.05) is 6.92 Å². The summed E-state index contributed by atoms with van der Waals surface area (Å²) in [5, 5.41) is 17.9. The molecule has 0 saturated carbocycles. The Labute approximate surface area is 103 Å². The molecule has 1 aliphatic heterocycles. The van der Waals surface area contributed by atoms with Crippen LogP contribution in [0.2, 0.25) is 0 Å². The van der Waals surface area contributed by atoms with Crippen molar-refractivity contribution in [1.82, 2.24) is 9.55 Å². The van der Waals surface area contributed by atoms with Crippen LogP contribution < -0.4 is 5.56 Å².